The van der Waals surface area contributed by atoms with Crippen molar-refractivity contribution in [2.24, 2.45) is 5.41 Å². The van der Waals surface area contributed by atoms with Gasteiger partial charge in [-0.15, -0.1) is 0 Å². The minimum Gasteiger partial charge on any atom is -0.379 e. The van der Waals surface area contributed by atoms with Crippen molar-refractivity contribution in [3.05, 3.63) is 0 Å². The third-order valence-electron chi connectivity index (χ3n) is 3.28. The van der Waals surface area contributed by atoms with Crippen molar-refractivity contribution in [2.45, 2.75) is 25.8 Å². The molecule has 3 heteroatoms. The van der Waals surface area contributed by atoms with Crippen LogP contribution in [0.3, 0.4) is 0 Å². The number of nitrogens with zero attached hydrogens (tertiary/aromatic N) is 1. The summed E-state index contributed by atoms with van der Waals surface area (Å²) in [6, 6.07) is 0.616. The second-order valence-electron chi connectivity index (χ2n) is 4.53. The van der Waals surface area contributed by atoms with Crippen molar-refractivity contribution in [1.29, 1.82) is 0 Å². The quantitative estimate of drug-likeness (QED) is 0.707. The summed E-state index contributed by atoms with van der Waals surface area (Å²) in [6.45, 7) is 6.49. The smallest absolute Gasteiger partial charge is 0.0619 e. The van der Waals surface area contributed by atoms with Crippen LogP contribution in [-0.2, 0) is 4.74 Å². The van der Waals surface area contributed by atoms with Gasteiger partial charge in [-0.25, -0.2) is 0 Å². The molecule has 13 heavy (non-hydrogen) atoms. The number of alkyl halides is 1. The van der Waals surface area contributed by atoms with Gasteiger partial charge in [0.05, 0.1) is 13.2 Å². The van der Waals surface area contributed by atoms with E-state index in [0.29, 0.717) is 11.5 Å². The highest BCUT2D eigenvalue weighted by Crippen LogP contribution is 2.47. The Labute approximate surface area is 88.8 Å². The lowest BCUT2D eigenvalue weighted by Crippen LogP contribution is -2.46. The van der Waals surface area contributed by atoms with Crippen LogP contribution in [0.4, 0.5) is 0 Å². The lowest BCUT2D eigenvalue weighted by Gasteiger charge is -2.35. The largest absolute Gasteiger partial charge is 0.379 e. The molecule has 2 fully saturated rings. The van der Waals surface area contributed by atoms with E-state index in [9.17, 15) is 0 Å². The van der Waals surface area contributed by atoms with Gasteiger partial charge in [0.1, 0.15) is 0 Å². The van der Waals surface area contributed by atoms with Gasteiger partial charge in [0.2, 0.25) is 0 Å². The zero-order valence-electron chi connectivity index (χ0n) is 8.26. The number of hydrogen-bond donors (Lipinski definition) is 0. The molecule has 1 unspecified atom stereocenters. The van der Waals surface area contributed by atoms with Gasteiger partial charge < -0.3 is 4.74 Å². The molecule has 0 bridgehead atoms. The summed E-state index contributed by atoms with van der Waals surface area (Å²) in [6.07, 6.45) is 2.81. The predicted molar refractivity (Wildman–Crippen MR) is 57.3 cm³/mol. The molecular formula is C10H18BrNO. The van der Waals surface area contributed by atoms with Crippen molar-refractivity contribution < 1.29 is 4.74 Å². The normalized spacial score (nSPS) is 33.2. The lowest BCUT2D eigenvalue weighted by molar-refractivity contribution is -0.00772. The summed E-state index contributed by atoms with van der Waals surface area (Å²) in [5.74, 6) is 0. The molecule has 0 spiro atoms. The number of rotatable bonds is 3. The first-order valence-corrected chi connectivity index (χ1v) is 6.26. The number of hydrogen-bond acceptors (Lipinski definition) is 2. The Morgan fingerprint density at radius 2 is 2.31 bits per heavy atom. The van der Waals surface area contributed by atoms with Crippen molar-refractivity contribution in [3.8, 4) is 0 Å². The van der Waals surface area contributed by atoms with Crippen molar-refractivity contribution >= 4 is 15.9 Å². The fraction of sp³-hybridized carbons (Fsp3) is 1.00. The molecule has 1 heterocycles. The van der Waals surface area contributed by atoms with E-state index in [1.54, 1.807) is 0 Å². The molecule has 1 aliphatic carbocycles. The van der Waals surface area contributed by atoms with Crippen LogP contribution in [0.25, 0.3) is 0 Å². The van der Waals surface area contributed by atoms with Gasteiger partial charge in [-0.1, -0.05) is 15.9 Å². The van der Waals surface area contributed by atoms with Crippen LogP contribution in [0.2, 0.25) is 0 Å². The highest BCUT2D eigenvalue weighted by Gasteiger charge is 2.43. The van der Waals surface area contributed by atoms with Crippen LogP contribution in [0.15, 0.2) is 0 Å². The van der Waals surface area contributed by atoms with Gasteiger partial charge in [0.15, 0.2) is 0 Å². The van der Waals surface area contributed by atoms with Crippen LogP contribution >= 0.6 is 15.9 Å². The molecule has 2 aliphatic rings. The van der Waals surface area contributed by atoms with E-state index < -0.39 is 0 Å². The Kier molecular flexibility index (Phi) is 2.96. The average Bonchev–Trinajstić information content (AvgIpc) is 2.90. The molecule has 76 valence electrons. The minimum absolute atomic E-state index is 0.616. The molecule has 0 aromatic heterocycles. The first-order valence-electron chi connectivity index (χ1n) is 5.14. The maximum absolute atomic E-state index is 5.43. The van der Waals surface area contributed by atoms with Gasteiger partial charge in [-0.2, -0.15) is 0 Å². The van der Waals surface area contributed by atoms with E-state index in [1.807, 2.05) is 0 Å². The summed E-state index contributed by atoms with van der Waals surface area (Å²) >= 11 is 3.62. The summed E-state index contributed by atoms with van der Waals surface area (Å²) in [5.41, 5.74) is 0.617. The van der Waals surface area contributed by atoms with Gasteiger partial charge >= 0.3 is 0 Å². The molecule has 0 N–H and O–H groups in total. The molecule has 0 radical (unpaired) electrons. The van der Waals surface area contributed by atoms with Crippen molar-refractivity contribution in [2.75, 3.05) is 31.6 Å². The number of morpholine rings is 1. The summed E-state index contributed by atoms with van der Waals surface area (Å²) in [5, 5.41) is 1.17. The number of ether oxygens (including phenoxy) is 1. The van der Waals surface area contributed by atoms with E-state index in [4.69, 9.17) is 4.74 Å². The Hall–Kier alpha value is 0.400. The Balaban J connectivity index is 1.85. The van der Waals surface area contributed by atoms with Gasteiger partial charge in [-0.3, -0.25) is 4.90 Å². The predicted octanol–water partition coefficient (Wildman–Crippen LogP) is 1.88. The van der Waals surface area contributed by atoms with E-state index in [0.717, 1.165) is 19.8 Å². The third kappa shape index (κ3) is 2.25. The molecule has 1 aliphatic heterocycles. The molecule has 1 saturated heterocycles. The molecule has 2 rings (SSSR count). The Morgan fingerprint density at radius 1 is 1.54 bits per heavy atom. The number of halogens is 1. The first kappa shape index (κ1) is 9.94. The molecule has 0 aromatic rings. The second kappa shape index (κ2) is 3.87. The molecular weight excluding hydrogens is 230 g/mol. The van der Waals surface area contributed by atoms with Crippen LogP contribution in [-0.4, -0.2) is 42.6 Å². The Bertz CT molecular complexity index is 182. The van der Waals surface area contributed by atoms with Crippen LogP contribution < -0.4 is 0 Å². The molecule has 0 aromatic carbocycles. The second-order valence-corrected chi connectivity index (χ2v) is 5.09. The minimum atomic E-state index is 0.616. The van der Waals surface area contributed by atoms with Gasteiger partial charge in [-0.05, 0) is 25.2 Å². The zero-order chi connectivity index (χ0) is 9.31. The average molecular weight is 248 g/mol. The summed E-state index contributed by atoms with van der Waals surface area (Å²) in [7, 11) is 0. The van der Waals surface area contributed by atoms with Crippen LogP contribution in [0.1, 0.15) is 19.8 Å². The van der Waals surface area contributed by atoms with Crippen molar-refractivity contribution in [1.82, 2.24) is 4.90 Å². The molecule has 1 saturated carbocycles. The van der Waals surface area contributed by atoms with Gasteiger partial charge in [0.25, 0.3) is 0 Å². The Morgan fingerprint density at radius 3 is 2.85 bits per heavy atom. The maximum atomic E-state index is 5.43. The molecule has 0 amide bonds. The SMILES string of the molecule is CC1COCCN1CC1(CBr)CC1. The highest BCUT2D eigenvalue weighted by molar-refractivity contribution is 9.09. The third-order valence-corrected chi connectivity index (χ3v) is 4.47. The fourth-order valence-electron chi connectivity index (χ4n) is 1.94. The van der Waals surface area contributed by atoms with Crippen LogP contribution in [0.5, 0.6) is 0 Å². The topological polar surface area (TPSA) is 12.5 Å². The van der Waals surface area contributed by atoms with Gasteiger partial charge in [0, 0.05) is 24.5 Å². The first-order chi connectivity index (χ1) is 6.26. The van der Waals surface area contributed by atoms with E-state index in [-0.39, 0.29) is 0 Å². The maximum Gasteiger partial charge on any atom is 0.0619 e. The van der Waals surface area contributed by atoms with Crippen LogP contribution in [0, 0.1) is 5.41 Å². The van der Waals surface area contributed by atoms with E-state index in [1.165, 1.54) is 24.7 Å². The molecule has 2 nitrogen and oxygen atoms in total. The highest BCUT2D eigenvalue weighted by atomic mass is 79.9. The van der Waals surface area contributed by atoms with Crippen molar-refractivity contribution in [3.63, 3.8) is 0 Å². The zero-order valence-corrected chi connectivity index (χ0v) is 9.85. The van der Waals surface area contributed by atoms with E-state index in [2.05, 4.69) is 27.8 Å². The molecule has 1 atom stereocenters. The fourth-order valence-corrected chi connectivity index (χ4v) is 2.68. The standard InChI is InChI=1S/C10H18BrNO/c1-9-6-13-5-4-12(9)8-10(7-11)2-3-10/h9H,2-8H2,1H3. The lowest BCUT2D eigenvalue weighted by atomic mass is 10.1. The monoisotopic (exact) mass is 247 g/mol. The summed E-state index contributed by atoms with van der Waals surface area (Å²) in [4.78, 5) is 2.58. The van der Waals surface area contributed by atoms with E-state index >= 15 is 0 Å². The summed E-state index contributed by atoms with van der Waals surface area (Å²) < 4.78 is 5.43.